The molecule has 0 bridgehead atoms. The van der Waals surface area contributed by atoms with E-state index >= 15 is 0 Å². The molecule has 1 atom stereocenters. The first kappa shape index (κ1) is 7.98. The summed E-state index contributed by atoms with van der Waals surface area (Å²) in [4.78, 5) is 0. The lowest BCUT2D eigenvalue weighted by atomic mass is 10.2. The third-order valence-corrected chi connectivity index (χ3v) is 1.88. The Hall–Kier alpha value is -1.64. The SMILES string of the molecule is C=C(O)C1COc2ccccc2O1. The summed E-state index contributed by atoms with van der Waals surface area (Å²) in [6.07, 6.45) is -0.449. The molecule has 68 valence electrons. The standard InChI is InChI=1S/C10H10O3/c1-7(11)10-6-12-8-4-2-3-5-9(8)13-10/h2-5,10-11H,1,6H2. The van der Waals surface area contributed by atoms with Crippen molar-refractivity contribution in [3.05, 3.63) is 36.6 Å². The van der Waals surface area contributed by atoms with Gasteiger partial charge in [0.1, 0.15) is 12.4 Å². The monoisotopic (exact) mass is 178 g/mol. The van der Waals surface area contributed by atoms with Crippen molar-refractivity contribution in [1.82, 2.24) is 0 Å². The second-order valence-corrected chi connectivity index (χ2v) is 2.86. The third-order valence-electron chi connectivity index (χ3n) is 1.88. The topological polar surface area (TPSA) is 38.7 Å². The first-order valence-electron chi connectivity index (χ1n) is 4.03. The minimum atomic E-state index is -0.449. The van der Waals surface area contributed by atoms with Gasteiger partial charge < -0.3 is 14.6 Å². The van der Waals surface area contributed by atoms with E-state index in [0.717, 1.165) is 0 Å². The minimum Gasteiger partial charge on any atom is -0.509 e. The number of ether oxygens (including phenoxy) is 2. The average Bonchev–Trinajstić information content (AvgIpc) is 2.17. The molecule has 1 aliphatic heterocycles. The van der Waals surface area contributed by atoms with E-state index in [2.05, 4.69) is 6.58 Å². The number of benzene rings is 1. The van der Waals surface area contributed by atoms with E-state index in [-0.39, 0.29) is 5.76 Å². The summed E-state index contributed by atoms with van der Waals surface area (Å²) < 4.78 is 10.8. The molecule has 0 saturated heterocycles. The van der Waals surface area contributed by atoms with Gasteiger partial charge in [-0.15, -0.1) is 0 Å². The Kier molecular flexibility index (Phi) is 1.85. The molecule has 1 aromatic rings. The highest BCUT2D eigenvalue weighted by Crippen LogP contribution is 2.31. The van der Waals surface area contributed by atoms with Crippen molar-refractivity contribution in [2.75, 3.05) is 6.61 Å². The van der Waals surface area contributed by atoms with E-state index in [9.17, 15) is 0 Å². The first-order valence-corrected chi connectivity index (χ1v) is 4.03. The second kappa shape index (κ2) is 3.01. The van der Waals surface area contributed by atoms with Gasteiger partial charge in [-0.2, -0.15) is 0 Å². The molecule has 0 fully saturated rings. The Morgan fingerprint density at radius 1 is 1.38 bits per heavy atom. The molecular formula is C10H10O3. The molecule has 0 aromatic heterocycles. The number of aliphatic hydroxyl groups is 1. The van der Waals surface area contributed by atoms with Crippen LogP contribution in [0.15, 0.2) is 36.6 Å². The van der Waals surface area contributed by atoms with Gasteiger partial charge in [-0.1, -0.05) is 18.7 Å². The summed E-state index contributed by atoms with van der Waals surface area (Å²) in [6.45, 7) is 3.71. The fourth-order valence-corrected chi connectivity index (χ4v) is 1.18. The zero-order valence-electron chi connectivity index (χ0n) is 7.06. The van der Waals surface area contributed by atoms with Crippen molar-refractivity contribution >= 4 is 0 Å². The molecule has 1 heterocycles. The Morgan fingerprint density at radius 2 is 2.08 bits per heavy atom. The maximum absolute atomic E-state index is 9.10. The van der Waals surface area contributed by atoms with Crippen molar-refractivity contribution in [3.63, 3.8) is 0 Å². The molecule has 1 aliphatic rings. The molecule has 1 aromatic carbocycles. The van der Waals surface area contributed by atoms with Gasteiger partial charge in [0.15, 0.2) is 17.6 Å². The Labute approximate surface area is 76.2 Å². The Morgan fingerprint density at radius 3 is 2.77 bits per heavy atom. The number of para-hydroxylation sites is 2. The van der Waals surface area contributed by atoms with Crippen molar-refractivity contribution in [2.45, 2.75) is 6.10 Å². The number of aliphatic hydroxyl groups excluding tert-OH is 1. The molecule has 3 nitrogen and oxygen atoms in total. The molecule has 0 spiro atoms. The summed E-state index contributed by atoms with van der Waals surface area (Å²) in [5.41, 5.74) is 0. The minimum absolute atomic E-state index is 0.00509. The fourth-order valence-electron chi connectivity index (χ4n) is 1.18. The third kappa shape index (κ3) is 1.45. The van der Waals surface area contributed by atoms with Gasteiger partial charge in [0.25, 0.3) is 0 Å². The summed E-state index contributed by atoms with van der Waals surface area (Å²) in [5, 5.41) is 9.10. The zero-order valence-corrected chi connectivity index (χ0v) is 7.06. The van der Waals surface area contributed by atoms with Crippen LogP contribution in [0.2, 0.25) is 0 Å². The van der Waals surface area contributed by atoms with Crippen molar-refractivity contribution in [3.8, 4) is 11.5 Å². The molecule has 1 unspecified atom stereocenters. The van der Waals surface area contributed by atoms with Gasteiger partial charge in [0.2, 0.25) is 0 Å². The normalized spacial score (nSPS) is 19.5. The van der Waals surface area contributed by atoms with Crippen molar-refractivity contribution in [1.29, 1.82) is 0 Å². The maximum atomic E-state index is 9.10. The van der Waals surface area contributed by atoms with Crippen LogP contribution in [0, 0.1) is 0 Å². The van der Waals surface area contributed by atoms with Crippen LogP contribution in [0.4, 0.5) is 0 Å². The zero-order chi connectivity index (χ0) is 9.26. The van der Waals surface area contributed by atoms with Crippen LogP contribution in [-0.4, -0.2) is 17.8 Å². The molecule has 2 rings (SSSR count). The second-order valence-electron chi connectivity index (χ2n) is 2.86. The van der Waals surface area contributed by atoms with Gasteiger partial charge in [-0.3, -0.25) is 0 Å². The summed E-state index contributed by atoms with van der Waals surface area (Å²) >= 11 is 0. The van der Waals surface area contributed by atoms with Crippen LogP contribution in [0.3, 0.4) is 0 Å². The maximum Gasteiger partial charge on any atom is 0.188 e. The molecule has 0 aliphatic carbocycles. The van der Waals surface area contributed by atoms with E-state index in [4.69, 9.17) is 14.6 Å². The molecule has 1 N–H and O–H groups in total. The van der Waals surface area contributed by atoms with Crippen LogP contribution in [0.25, 0.3) is 0 Å². The predicted molar refractivity (Wildman–Crippen MR) is 48.1 cm³/mol. The van der Waals surface area contributed by atoms with E-state index < -0.39 is 6.10 Å². The molecule has 3 heteroatoms. The van der Waals surface area contributed by atoms with Crippen molar-refractivity contribution in [2.24, 2.45) is 0 Å². The lowest BCUT2D eigenvalue weighted by molar-refractivity contribution is 0.0849. The summed E-state index contributed by atoms with van der Waals surface area (Å²) in [7, 11) is 0. The van der Waals surface area contributed by atoms with E-state index in [1.807, 2.05) is 18.2 Å². The molecule has 0 amide bonds. The van der Waals surface area contributed by atoms with E-state index in [1.165, 1.54) is 0 Å². The van der Waals surface area contributed by atoms with Gasteiger partial charge >= 0.3 is 0 Å². The first-order chi connectivity index (χ1) is 6.27. The van der Waals surface area contributed by atoms with Crippen LogP contribution in [0.1, 0.15) is 0 Å². The largest absolute Gasteiger partial charge is 0.509 e. The van der Waals surface area contributed by atoms with Crippen LogP contribution >= 0.6 is 0 Å². The molecular weight excluding hydrogens is 168 g/mol. The summed E-state index contributed by atoms with van der Waals surface area (Å²) in [5.74, 6) is 1.35. The van der Waals surface area contributed by atoms with Crippen LogP contribution < -0.4 is 9.47 Å². The highest BCUT2D eigenvalue weighted by atomic mass is 16.6. The average molecular weight is 178 g/mol. The predicted octanol–water partition coefficient (Wildman–Crippen LogP) is 1.90. The Bertz CT molecular complexity index is 333. The molecule has 13 heavy (non-hydrogen) atoms. The lowest BCUT2D eigenvalue weighted by Crippen LogP contribution is -2.30. The Balaban J connectivity index is 2.24. The highest BCUT2D eigenvalue weighted by molar-refractivity contribution is 5.41. The van der Waals surface area contributed by atoms with Crippen LogP contribution in [0.5, 0.6) is 11.5 Å². The van der Waals surface area contributed by atoms with Gasteiger partial charge in [-0.05, 0) is 12.1 Å². The van der Waals surface area contributed by atoms with Crippen molar-refractivity contribution < 1.29 is 14.6 Å². The molecule has 0 radical (unpaired) electrons. The smallest absolute Gasteiger partial charge is 0.188 e. The number of hydrogen-bond donors (Lipinski definition) is 1. The van der Waals surface area contributed by atoms with E-state index in [1.54, 1.807) is 6.07 Å². The van der Waals surface area contributed by atoms with Crippen LogP contribution in [-0.2, 0) is 0 Å². The number of fused-ring (bicyclic) bond motifs is 1. The lowest BCUT2D eigenvalue weighted by Gasteiger charge is -2.25. The molecule has 0 saturated carbocycles. The quantitative estimate of drug-likeness (QED) is 0.667. The van der Waals surface area contributed by atoms with Gasteiger partial charge in [-0.25, -0.2) is 0 Å². The highest BCUT2D eigenvalue weighted by Gasteiger charge is 2.22. The fraction of sp³-hybridized carbons (Fsp3) is 0.200. The van der Waals surface area contributed by atoms with Gasteiger partial charge in [0, 0.05) is 0 Å². The number of rotatable bonds is 1. The van der Waals surface area contributed by atoms with Gasteiger partial charge in [0.05, 0.1) is 0 Å². The summed E-state index contributed by atoms with van der Waals surface area (Å²) in [6, 6.07) is 7.34. The number of hydrogen-bond acceptors (Lipinski definition) is 3. The van der Waals surface area contributed by atoms with E-state index in [0.29, 0.717) is 18.1 Å².